The highest BCUT2D eigenvalue weighted by Gasteiger charge is 2.44. The van der Waals surface area contributed by atoms with E-state index in [2.05, 4.69) is 12.2 Å². The van der Waals surface area contributed by atoms with Gasteiger partial charge in [-0.2, -0.15) is 0 Å². The first kappa shape index (κ1) is 12.8. The minimum absolute atomic E-state index is 0.235. The summed E-state index contributed by atoms with van der Waals surface area (Å²) in [6, 6.07) is 0. The van der Waals surface area contributed by atoms with Crippen molar-refractivity contribution in [3.8, 4) is 0 Å². The van der Waals surface area contributed by atoms with Gasteiger partial charge in [0.05, 0.1) is 11.6 Å². The van der Waals surface area contributed by atoms with Crippen molar-refractivity contribution in [2.75, 3.05) is 26.7 Å². The third-order valence-corrected chi connectivity index (χ3v) is 4.10. The Hall–Kier alpha value is -0.610. The Kier molecular flexibility index (Phi) is 4.05. The van der Waals surface area contributed by atoms with Gasteiger partial charge in [0.2, 0.25) is 5.91 Å². The Labute approximate surface area is 104 Å². The average Bonchev–Trinajstić information content (AvgIpc) is 2.97. The van der Waals surface area contributed by atoms with Crippen LogP contribution in [0.15, 0.2) is 0 Å². The van der Waals surface area contributed by atoms with Crippen LogP contribution in [0.1, 0.15) is 39.0 Å². The van der Waals surface area contributed by atoms with Gasteiger partial charge < -0.3 is 15.0 Å². The lowest BCUT2D eigenvalue weighted by Crippen LogP contribution is -2.54. The number of carbonyl (C=O) groups excluding carboxylic acids is 1. The first-order valence-corrected chi connectivity index (χ1v) is 6.79. The van der Waals surface area contributed by atoms with Crippen LogP contribution in [0.2, 0.25) is 0 Å². The second-order valence-corrected chi connectivity index (χ2v) is 5.26. The van der Waals surface area contributed by atoms with Gasteiger partial charge in [-0.3, -0.25) is 4.79 Å². The normalized spacial score (nSPS) is 33.3. The fraction of sp³-hybridized carbons (Fsp3) is 0.923. The molecule has 2 aliphatic heterocycles. The molecule has 4 nitrogen and oxygen atoms in total. The monoisotopic (exact) mass is 240 g/mol. The molecular weight excluding hydrogens is 216 g/mol. The number of nitrogens with zero attached hydrogens (tertiary/aromatic N) is 1. The van der Waals surface area contributed by atoms with Gasteiger partial charge in [-0.1, -0.05) is 13.3 Å². The maximum absolute atomic E-state index is 12.6. The van der Waals surface area contributed by atoms with Crippen LogP contribution in [-0.4, -0.2) is 49.2 Å². The number of nitrogens with one attached hydrogen (secondary N) is 1. The van der Waals surface area contributed by atoms with Crippen LogP contribution in [0.3, 0.4) is 0 Å². The van der Waals surface area contributed by atoms with Gasteiger partial charge in [-0.05, 0) is 32.2 Å². The summed E-state index contributed by atoms with van der Waals surface area (Å²) >= 11 is 0. The van der Waals surface area contributed by atoms with Crippen molar-refractivity contribution >= 4 is 5.91 Å². The average molecular weight is 240 g/mol. The first-order chi connectivity index (χ1) is 8.22. The molecular formula is C13H24N2O2. The van der Waals surface area contributed by atoms with Crippen molar-refractivity contribution in [3.05, 3.63) is 0 Å². The topological polar surface area (TPSA) is 41.6 Å². The van der Waals surface area contributed by atoms with E-state index in [1.165, 1.54) is 0 Å². The van der Waals surface area contributed by atoms with Crippen LogP contribution in [-0.2, 0) is 9.53 Å². The van der Waals surface area contributed by atoms with Gasteiger partial charge in [0.15, 0.2) is 0 Å². The fourth-order valence-corrected chi connectivity index (χ4v) is 3.14. The zero-order valence-electron chi connectivity index (χ0n) is 11.0. The largest absolute Gasteiger partial charge is 0.380 e. The van der Waals surface area contributed by atoms with E-state index >= 15 is 0 Å². The number of carbonyl (C=O) groups is 1. The second kappa shape index (κ2) is 5.36. The van der Waals surface area contributed by atoms with E-state index in [9.17, 15) is 4.79 Å². The highest BCUT2D eigenvalue weighted by Crippen LogP contribution is 2.28. The van der Waals surface area contributed by atoms with Gasteiger partial charge in [0.1, 0.15) is 0 Å². The third-order valence-electron chi connectivity index (χ3n) is 4.10. The molecule has 0 aromatic carbocycles. The van der Waals surface area contributed by atoms with Crippen LogP contribution in [0, 0.1) is 0 Å². The molecule has 0 aromatic heterocycles. The van der Waals surface area contributed by atoms with Crippen LogP contribution < -0.4 is 5.32 Å². The SMILES string of the molecule is CCCC1(C(=O)N2CCC(OC)C2)CCCN1. The molecule has 0 spiro atoms. The summed E-state index contributed by atoms with van der Waals surface area (Å²) in [6.45, 7) is 4.75. The molecule has 1 N–H and O–H groups in total. The highest BCUT2D eigenvalue weighted by atomic mass is 16.5. The molecule has 2 unspecified atom stereocenters. The van der Waals surface area contributed by atoms with E-state index in [1.54, 1.807) is 7.11 Å². The van der Waals surface area contributed by atoms with Crippen LogP contribution in [0.25, 0.3) is 0 Å². The maximum Gasteiger partial charge on any atom is 0.242 e. The van der Waals surface area contributed by atoms with Gasteiger partial charge >= 0.3 is 0 Å². The van der Waals surface area contributed by atoms with E-state index in [0.29, 0.717) is 5.91 Å². The van der Waals surface area contributed by atoms with Crippen LogP contribution in [0.4, 0.5) is 0 Å². The number of ether oxygens (including phenoxy) is 1. The van der Waals surface area contributed by atoms with Crippen molar-refractivity contribution in [2.45, 2.75) is 50.7 Å². The summed E-state index contributed by atoms with van der Waals surface area (Å²) in [5.41, 5.74) is -0.266. The third kappa shape index (κ3) is 2.47. The molecule has 2 heterocycles. The van der Waals surface area contributed by atoms with Gasteiger partial charge in [0.25, 0.3) is 0 Å². The van der Waals surface area contributed by atoms with Crippen molar-refractivity contribution in [1.82, 2.24) is 10.2 Å². The Morgan fingerprint density at radius 2 is 2.41 bits per heavy atom. The number of likely N-dealkylation sites (tertiary alicyclic amines) is 1. The second-order valence-electron chi connectivity index (χ2n) is 5.26. The predicted molar refractivity (Wildman–Crippen MR) is 66.9 cm³/mol. The standard InChI is InChI=1S/C13H24N2O2/c1-3-6-13(7-4-8-14-13)12(16)15-9-5-11(10-15)17-2/h11,14H,3-10H2,1-2H3. The minimum atomic E-state index is -0.266. The van der Waals surface area contributed by atoms with Crippen molar-refractivity contribution in [1.29, 1.82) is 0 Å². The zero-order valence-corrected chi connectivity index (χ0v) is 11.0. The lowest BCUT2D eigenvalue weighted by Gasteiger charge is -2.32. The van der Waals surface area contributed by atoms with E-state index in [-0.39, 0.29) is 11.6 Å². The van der Waals surface area contributed by atoms with Gasteiger partial charge in [0, 0.05) is 20.2 Å². The molecule has 0 aromatic rings. The van der Waals surface area contributed by atoms with Crippen molar-refractivity contribution < 1.29 is 9.53 Å². The zero-order chi connectivity index (χ0) is 12.3. The lowest BCUT2D eigenvalue weighted by molar-refractivity contribution is -0.137. The first-order valence-electron chi connectivity index (χ1n) is 6.79. The number of methoxy groups -OCH3 is 1. The number of hydrogen-bond acceptors (Lipinski definition) is 3. The molecule has 0 radical (unpaired) electrons. The Bertz CT molecular complexity index is 275. The molecule has 2 fully saturated rings. The highest BCUT2D eigenvalue weighted by molar-refractivity contribution is 5.87. The molecule has 17 heavy (non-hydrogen) atoms. The molecule has 0 saturated carbocycles. The van der Waals surface area contributed by atoms with Crippen LogP contribution >= 0.6 is 0 Å². The van der Waals surface area contributed by atoms with E-state index in [0.717, 1.165) is 51.7 Å². The van der Waals surface area contributed by atoms with E-state index in [4.69, 9.17) is 4.74 Å². The molecule has 98 valence electrons. The molecule has 4 heteroatoms. The number of amides is 1. The lowest BCUT2D eigenvalue weighted by atomic mass is 9.90. The minimum Gasteiger partial charge on any atom is -0.380 e. The van der Waals surface area contributed by atoms with Crippen molar-refractivity contribution in [2.24, 2.45) is 0 Å². The van der Waals surface area contributed by atoms with E-state index in [1.807, 2.05) is 4.90 Å². The summed E-state index contributed by atoms with van der Waals surface area (Å²) in [6.07, 6.45) is 5.34. The van der Waals surface area contributed by atoms with Gasteiger partial charge in [-0.25, -0.2) is 0 Å². The predicted octanol–water partition coefficient (Wildman–Crippen LogP) is 1.16. The summed E-state index contributed by atoms with van der Waals surface area (Å²) in [5.74, 6) is 0.302. The smallest absolute Gasteiger partial charge is 0.242 e. The Morgan fingerprint density at radius 3 is 2.94 bits per heavy atom. The molecule has 1 amide bonds. The summed E-state index contributed by atoms with van der Waals surface area (Å²) in [4.78, 5) is 14.6. The molecule has 2 aliphatic rings. The molecule has 0 bridgehead atoms. The van der Waals surface area contributed by atoms with Crippen LogP contribution in [0.5, 0.6) is 0 Å². The molecule has 2 rings (SSSR count). The van der Waals surface area contributed by atoms with Crippen molar-refractivity contribution in [3.63, 3.8) is 0 Å². The molecule has 2 atom stereocenters. The Morgan fingerprint density at radius 1 is 1.59 bits per heavy atom. The molecule has 2 saturated heterocycles. The fourth-order valence-electron chi connectivity index (χ4n) is 3.14. The summed E-state index contributed by atoms with van der Waals surface area (Å²) < 4.78 is 5.33. The number of hydrogen-bond donors (Lipinski definition) is 1. The maximum atomic E-state index is 12.6. The number of rotatable bonds is 4. The van der Waals surface area contributed by atoms with E-state index < -0.39 is 0 Å². The quantitative estimate of drug-likeness (QED) is 0.801. The molecule has 0 aliphatic carbocycles. The Balaban J connectivity index is 2.02. The van der Waals surface area contributed by atoms with Gasteiger partial charge in [-0.15, -0.1) is 0 Å². The summed E-state index contributed by atoms with van der Waals surface area (Å²) in [7, 11) is 1.73. The summed E-state index contributed by atoms with van der Waals surface area (Å²) in [5, 5.41) is 3.45.